The van der Waals surface area contributed by atoms with Gasteiger partial charge in [0.2, 0.25) is 0 Å². The maximum Gasteiger partial charge on any atom is 0.183 e. The molecule has 0 aromatic heterocycles. The Morgan fingerprint density at radius 1 is 1.65 bits per heavy atom. The van der Waals surface area contributed by atoms with Gasteiger partial charge in [0, 0.05) is 6.07 Å². The first-order chi connectivity index (χ1) is 8.21. The van der Waals surface area contributed by atoms with E-state index in [1.807, 2.05) is 0 Å². The first-order valence-electron chi connectivity index (χ1n) is 4.91. The van der Waals surface area contributed by atoms with E-state index in [2.05, 4.69) is 10.3 Å². The van der Waals surface area contributed by atoms with E-state index in [9.17, 15) is 4.39 Å². The van der Waals surface area contributed by atoms with Crippen LogP contribution < -0.4 is 10.1 Å². The van der Waals surface area contributed by atoms with Gasteiger partial charge in [-0.25, -0.2) is 9.38 Å². The quantitative estimate of drug-likeness (QED) is 0.389. The molecule has 0 fully saturated rings. The van der Waals surface area contributed by atoms with Crippen molar-refractivity contribution in [3.05, 3.63) is 24.0 Å². The second-order valence-corrected chi connectivity index (χ2v) is 3.70. The number of benzene rings is 1. The molecular formula is C11H12FN3OS. The molecule has 4 nitrogen and oxygen atoms in total. The fourth-order valence-corrected chi connectivity index (χ4v) is 1.47. The largest absolute Gasteiger partial charge is 0.492 e. The molecule has 0 unspecified atom stereocenters. The summed E-state index contributed by atoms with van der Waals surface area (Å²) >= 11 is 1.29. The standard InChI is InChI=1S/C11H12FN3OS/c1-3-16-10-6-8(12)4-5-9(10)15-11(17-2)14-7-13/h4-6H,3H2,1-2H3,(H,14,15). The van der Waals surface area contributed by atoms with Gasteiger partial charge in [-0.2, -0.15) is 5.26 Å². The van der Waals surface area contributed by atoms with Crippen molar-refractivity contribution < 1.29 is 9.13 Å². The Hall–Kier alpha value is -1.74. The van der Waals surface area contributed by atoms with Crippen molar-refractivity contribution in [2.45, 2.75) is 6.92 Å². The predicted octanol–water partition coefficient (Wildman–Crippen LogP) is 2.65. The molecule has 0 saturated carbocycles. The minimum atomic E-state index is -0.383. The monoisotopic (exact) mass is 253 g/mol. The van der Waals surface area contributed by atoms with Crippen LogP contribution in [0.2, 0.25) is 0 Å². The lowest BCUT2D eigenvalue weighted by atomic mass is 10.3. The number of thioether (sulfide) groups is 1. The highest BCUT2D eigenvalue weighted by Crippen LogP contribution is 2.29. The molecule has 1 N–H and O–H groups in total. The van der Waals surface area contributed by atoms with E-state index in [-0.39, 0.29) is 5.82 Å². The summed E-state index contributed by atoms with van der Waals surface area (Å²) in [7, 11) is 0. The molecule has 0 atom stereocenters. The van der Waals surface area contributed by atoms with Crippen molar-refractivity contribution in [3.8, 4) is 11.9 Å². The number of aliphatic imine (C=N–C) groups is 1. The third kappa shape index (κ3) is 3.96. The summed E-state index contributed by atoms with van der Waals surface area (Å²) in [6.07, 6.45) is 3.57. The van der Waals surface area contributed by atoms with Crippen LogP contribution in [0.1, 0.15) is 6.92 Å². The van der Waals surface area contributed by atoms with Crippen LogP contribution in [0.25, 0.3) is 0 Å². The SMILES string of the molecule is CCOc1cc(F)ccc1N=C(NC#N)SC. The maximum atomic E-state index is 13.0. The minimum absolute atomic E-state index is 0.360. The van der Waals surface area contributed by atoms with Crippen LogP contribution in [0, 0.1) is 17.3 Å². The highest BCUT2D eigenvalue weighted by atomic mass is 32.2. The van der Waals surface area contributed by atoms with Crippen molar-refractivity contribution in [2.24, 2.45) is 4.99 Å². The van der Waals surface area contributed by atoms with Crippen LogP contribution in [0.15, 0.2) is 23.2 Å². The number of rotatable bonds is 3. The Labute approximate surface area is 103 Å². The number of halogens is 1. The fourth-order valence-electron chi connectivity index (χ4n) is 1.13. The van der Waals surface area contributed by atoms with Crippen molar-refractivity contribution in [1.82, 2.24) is 5.32 Å². The average molecular weight is 253 g/mol. The Bertz CT molecular complexity index is 457. The van der Waals surface area contributed by atoms with Crippen LogP contribution in [-0.2, 0) is 0 Å². The van der Waals surface area contributed by atoms with E-state index in [1.54, 1.807) is 19.4 Å². The molecule has 17 heavy (non-hydrogen) atoms. The van der Waals surface area contributed by atoms with Crippen LogP contribution >= 0.6 is 11.8 Å². The van der Waals surface area contributed by atoms with Crippen LogP contribution in [0.5, 0.6) is 5.75 Å². The molecule has 0 heterocycles. The second kappa shape index (κ2) is 6.76. The van der Waals surface area contributed by atoms with Crippen molar-refractivity contribution in [1.29, 1.82) is 5.26 Å². The summed E-state index contributed by atoms with van der Waals surface area (Å²) in [6, 6.07) is 4.08. The molecule has 0 saturated heterocycles. The number of nitrogens with one attached hydrogen (secondary N) is 1. The molecule has 1 rings (SSSR count). The lowest BCUT2D eigenvalue weighted by Crippen LogP contribution is -2.12. The molecule has 0 aliphatic rings. The van der Waals surface area contributed by atoms with Gasteiger partial charge < -0.3 is 4.74 Å². The van der Waals surface area contributed by atoms with Gasteiger partial charge in [0.05, 0.1) is 6.61 Å². The van der Waals surface area contributed by atoms with E-state index in [0.717, 1.165) is 0 Å². The maximum absolute atomic E-state index is 13.0. The number of nitrogens with zero attached hydrogens (tertiary/aromatic N) is 2. The van der Waals surface area contributed by atoms with Crippen molar-refractivity contribution >= 4 is 22.6 Å². The first-order valence-corrected chi connectivity index (χ1v) is 6.13. The van der Waals surface area contributed by atoms with E-state index >= 15 is 0 Å². The predicted molar refractivity (Wildman–Crippen MR) is 66.9 cm³/mol. The molecule has 6 heteroatoms. The Morgan fingerprint density at radius 2 is 2.41 bits per heavy atom. The van der Waals surface area contributed by atoms with Gasteiger partial charge in [0.25, 0.3) is 0 Å². The topological polar surface area (TPSA) is 57.4 Å². The summed E-state index contributed by atoms with van der Waals surface area (Å²) in [6.45, 7) is 2.23. The normalized spacial score (nSPS) is 10.8. The van der Waals surface area contributed by atoms with Gasteiger partial charge in [0.15, 0.2) is 11.4 Å². The molecule has 0 aliphatic carbocycles. The molecular weight excluding hydrogens is 241 g/mol. The molecule has 0 amide bonds. The fraction of sp³-hybridized carbons (Fsp3) is 0.273. The smallest absolute Gasteiger partial charge is 0.183 e. The summed E-state index contributed by atoms with van der Waals surface area (Å²) in [5.41, 5.74) is 0.486. The molecule has 0 spiro atoms. The number of hydrogen-bond acceptors (Lipinski definition) is 4. The molecule has 90 valence electrons. The zero-order valence-corrected chi connectivity index (χ0v) is 10.3. The van der Waals surface area contributed by atoms with E-state index in [0.29, 0.717) is 23.2 Å². The lowest BCUT2D eigenvalue weighted by molar-refractivity contribution is 0.339. The average Bonchev–Trinajstić information content (AvgIpc) is 2.32. The number of hydrogen-bond donors (Lipinski definition) is 1. The number of ether oxygens (including phenoxy) is 1. The number of nitriles is 1. The zero-order valence-electron chi connectivity index (χ0n) is 9.53. The summed E-state index contributed by atoms with van der Waals surface area (Å²) in [4.78, 5) is 4.18. The van der Waals surface area contributed by atoms with E-state index < -0.39 is 0 Å². The molecule has 1 aromatic rings. The molecule has 0 aliphatic heterocycles. The van der Waals surface area contributed by atoms with Gasteiger partial charge in [-0.05, 0) is 25.3 Å². The summed E-state index contributed by atoms with van der Waals surface area (Å²) in [5.74, 6) is -0.0230. The van der Waals surface area contributed by atoms with E-state index in [1.165, 1.54) is 30.0 Å². The Balaban J connectivity index is 3.08. The number of amidine groups is 1. The zero-order chi connectivity index (χ0) is 12.7. The van der Waals surface area contributed by atoms with Gasteiger partial charge in [0.1, 0.15) is 17.3 Å². The highest BCUT2D eigenvalue weighted by molar-refractivity contribution is 8.13. The Kier molecular flexibility index (Phi) is 5.30. The van der Waals surface area contributed by atoms with Gasteiger partial charge in [-0.15, -0.1) is 0 Å². The third-order valence-corrected chi connectivity index (χ3v) is 2.38. The van der Waals surface area contributed by atoms with Crippen molar-refractivity contribution in [2.75, 3.05) is 12.9 Å². The molecule has 0 bridgehead atoms. The van der Waals surface area contributed by atoms with Gasteiger partial charge in [-0.3, -0.25) is 5.32 Å². The Morgan fingerprint density at radius 3 is 3.00 bits per heavy atom. The summed E-state index contributed by atoms with van der Waals surface area (Å²) < 4.78 is 18.3. The minimum Gasteiger partial charge on any atom is -0.492 e. The lowest BCUT2D eigenvalue weighted by Gasteiger charge is -2.07. The van der Waals surface area contributed by atoms with Gasteiger partial charge in [-0.1, -0.05) is 11.8 Å². The van der Waals surface area contributed by atoms with Gasteiger partial charge >= 0.3 is 0 Å². The van der Waals surface area contributed by atoms with Crippen LogP contribution in [0.4, 0.5) is 10.1 Å². The van der Waals surface area contributed by atoms with E-state index in [4.69, 9.17) is 10.00 Å². The highest BCUT2D eigenvalue weighted by Gasteiger charge is 2.05. The second-order valence-electron chi connectivity index (χ2n) is 2.90. The summed E-state index contributed by atoms with van der Waals surface area (Å²) in [5, 5.41) is 11.4. The van der Waals surface area contributed by atoms with Crippen LogP contribution in [0.3, 0.4) is 0 Å². The third-order valence-electron chi connectivity index (χ3n) is 1.80. The van der Waals surface area contributed by atoms with Crippen LogP contribution in [-0.4, -0.2) is 18.0 Å². The molecule has 1 aromatic carbocycles. The molecule has 0 radical (unpaired) electrons. The van der Waals surface area contributed by atoms with Crippen molar-refractivity contribution in [3.63, 3.8) is 0 Å². The first kappa shape index (κ1) is 13.3.